The van der Waals surface area contributed by atoms with Gasteiger partial charge in [0.25, 0.3) is 5.91 Å². The smallest absolute Gasteiger partial charge is 0.272 e. The fourth-order valence-corrected chi connectivity index (χ4v) is 3.16. The summed E-state index contributed by atoms with van der Waals surface area (Å²) in [6, 6.07) is 10.1. The summed E-state index contributed by atoms with van der Waals surface area (Å²) in [4.78, 5) is 25.5. The summed E-state index contributed by atoms with van der Waals surface area (Å²) in [6.45, 7) is 2.85. The molecule has 4 rings (SSSR count). The van der Waals surface area contributed by atoms with Crippen molar-refractivity contribution < 1.29 is 9.53 Å². The number of amides is 1. The van der Waals surface area contributed by atoms with Crippen LogP contribution < -0.4 is 15.0 Å². The van der Waals surface area contributed by atoms with Crippen LogP contribution in [0.1, 0.15) is 23.3 Å². The van der Waals surface area contributed by atoms with E-state index in [0.29, 0.717) is 30.8 Å². The van der Waals surface area contributed by atoms with Gasteiger partial charge in [-0.2, -0.15) is 0 Å². The highest BCUT2D eigenvalue weighted by Gasteiger charge is 2.26. The van der Waals surface area contributed by atoms with E-state index < -0.39 is 0 Å². The number of para-hydroxylation sites is 2. The van der Waals surface area contributed by atoms with E-state index in [4.69, 9.17) is 4.74 Å². The number of hydrogen-bond acceptors (Lipinski definition) is 6. The second-order valence-corrected chi connectivity index (χ2v) is 6.64. The summed E-state index contributed by atoms with van der Waals surface area (Å²) >= 11 is 0. The molecule has 1 aromatic heterocycles. The van der Waals surface area contributed by atoms with E-state index in [1.54, 1.807) is 19.4 Å². The van der Waals surface area contributed by atoms with Gasteiger partial charge >= 0.3 is 0 Å². The van der Waals surface area contributed by atoms with Gasteiger partial charge in [-0.1, -0.05) is 12.1 Å². The third-order valence-electron chi connectivity index (χ3n) is 4.78. The van der Waals surface area contributed by atoms with E-state index in [2.05, 4.69) is 26.3 Å². The zero-order valence-corrected chi connectivity index (χ0v) is 14.9. The summed E-state index contributed by atoms with van der Waals surface area (Å²) in [6.07, 6.45) is 3.94. The summed E-state index contributed by atoms with van der Waals surface area (Å²) in [5.41, 5.74) is 1.52. The van der Waals surface area contributed by atoms with Crippen LogP contribution in [0.15, 0.2) is 36.5 Å². The van der Waals surface area contributed by atoms with E-state index >= 15 is 0 Å². The van der Waals surface area contributed by atoms with Crippen molar-refractivity contribution in [3.8, 4) is 5.75 Å². The van der Waals surface area contributed by atoms with E-state index in [1.165, 1.54) is 0 Å². The van der Waals surface area contributed by atoms with Gasteiger partial charge in [-0.05, 0) is 31.0 Å². The van der Waals surface area contributed by atoms with Crippen molar-refractivity contribution in [3.05, 3.63) is 42.2 Å². The number of methoxy groups -OCH3 is 1. The van der Waals surface area contributed by atoms with Crippen LogP contribution in [-0.4, -0.2) is 60.1 Å². The van der Waals surface area contributed by atoms with Gasteiger partial charge in [0, 0.05) is 38.4 Å². The standard InChI is InChI=1S/C19H23N5O2/c1-26-17-5-3-2-4-16(17)23-10-12-24(13-11-23)18(25)15-8-9-20-19(22-15)21-14-6-7-14/h2-5,8-9,14H,6-7,10-13H2,1H3,(H,20,21,22). The first kappa shape index (κ1) is 16.6. The molecule has 7 nitrogen and oxygen atoms in total. The summed E-state index contributed by atoms with van der Waals surface area (Å²) < 4.78 is 5.45. The molecule has 0 atom stereocenters. The lowest BCUT2D eigenvalue weighted by molar-refractivity contribution is 0.0740. The Balaban J connectivity index is 1.40. The lowest BCUT2D eigenvalue weighted by Gasteiger charge is -2.36. The fraction of sp³-hybridized carbons (Fsp3) is 0.421. The van der Waals surface area contributed by atoms with E-state index in [0.717, 1.165) is 37.4 Å². The van der Waals surface area contributed by atoms with Crippen LogP contribution in [0.3, 0.4) is 0 Å². The number of anilines is 2. The topological polar surface area (TPSA) is 70.6 Å². The molecule has 1 aliphatic carbocycles. The minimum atomic E-state index is -0.0362. The van der Waals surface area contributed by atoms with Crippen molar-refractivity contribution in [1.29, 1.82) is 0 Å². The van der Waals surface area contributed by atoms with Crippen LogP contribution in [0.25, 0.3) is 0 Å². The molecule has 0 unspecified atom stereocenters. The summed E-state index contributed by atoms with van der Waals surface area (Å²) in [5.74, 6) is 1.37. The SMILES string of the molecule is COc1ccccc1N1CCN(C(=O)c2ccnc(NC3CC3)n2)CC1. The Hall–Kier alpha value is -2.83. The number of nitrogens with zero attached hydrogens (tertiary/aromatic N) is 4. The van der Waals surface area contributed by atoms with Crippen molar-refractivity contribution in [2.45, 2.75) is 18.9 Å². The van der Waals surface area contributed by atoms with Gasteiger partial charge in [-0.25, -0.2) is 9.97 Å². The molecule has 1 saturated heterocycles. The Kier molecular flexibility index (Phi) is 4.60. The van der Waals surface area contributed by atoms with Crippen molar-refractivity contribution in [2.24, 2.45) is 0 Å². The zero-order chi connectivity index (χ0) is 17.9. The average Bonchev–Trinajstić information content (AvgIpc) is 3.52. The average molecular weight is 353 g/mol. The Morgan fingerprint density at radius 3 is 2.65 bits per heavy atom. The van der Waals surface area contributed by atoms with Gasteiger partial charge in [0.2, 0.25) is 5.95 Å². The van der Waals surface area contributed by atoms with Gasteiger partial charge in [-0.3, -0.25) is 4.79 Å². The first-order valence-corrected chi connectivity index (χ1v) is 9.01. The zero-order valence-electron chi connectivity index (χ0n) is 14.9. The molecule has 2 aliphatic rings. The maximum absolute atomic E-state index is 12.8. The third kappa shape index (κ3) is 3.56. The van der Waals surface area contributed by atoms with Gasteiger partial charge in [0.15, 0.2) is 0 Å². The molecule has 0 bridgehead atoms. The highest BCUT2D eigenvalue weighted by Crippen LogP contribution is 2.28. The second-order valence-electron chi connectivity index (χ2n) is 6.64. The highest BCUT2D eigenvalue weighted by atomic mass is 16.5. The van der Waals surface area contributed by atoms with Crippen LogP contribution in [0.2, 0.25) is 0 Å². The Labute approximate surface area is 153 Å². The van der Waals surface area contributed by atoms with Crippen LogP contribution in [0.5, 0.6) is 5.75 Å². The first-order valence-electron chi connectivity index (χ1n) is 9.01. The number of ether oxygens (including phenoxy) is 1. The molecule has 7 heteroatoms. The van der Waals surface area contributed by atoms with Gasteiger partial charge in [0.05, 0.1) is 12.8 Å². The normalized spacial score (nSPS) is 17.1. The van der Waals surface area contributed by atoms with Crippen LogP contribution in [0.4, 0.5) is 11.6 Å². The molecule has 2 aromatic rings. The highest BCUT2D eigenvalue weighted by molar-refractivity contribution is 5.92. The molecule has 0 spiro atoms. The van der Waals surface area contributed by atoms with Crippen LogP contribution >= 0.6 is 0 Å². The molecule has 1 saturated carbocycles. The minimum absolute atomic E-state index is 0.0362. The fourth-order valence-electron chi connectivity index (χ4n) is 3.16. The molecular formula is C19H23N5O2. The lowest BCUT2D eigenvalue weighted by Crippen LogP contribution is -2.49. The molecule has 136 valence electrons. The van der Waals surface area contributed by atoms with Crippen molar-refractivity contribution in [2.75, 3.05) is 43.5 Å². The number of carbonyl (C=O) groups excluding carboxylic acids is 1. The second kappa shape index (κ2) is 7.19. The number of carbonyl (C=O) groups is 1. The van der Waals surface area contributed by atoms with Gasteiger partial charge < -0.3 is 19.9 Å². The Morgan fingerprint density at radius 2 is 1.92 bits per heavy atom. The van der Waals surface area contributed by atoms with E-state index in [9.17, 15) is 4.79 Å². The quantitative estimate of drug-likeness (QED) is 0.887. The molecular weight excluding hydrogens is 330 g/mol. The molecule has 26 heavy (non-hydrogen) atoms. The number of aromatic nitrogens is 2. The Morgan fingerprint density at radius 1 is 1.15 bits per heavy atom. The monoisotopic (exact) mass is 353 g/mol. The van der Waals surface area contributed by atoms with Crippen molar-refractivity contribution >= 4 is 17.5 Å². The third-order valence-corrected chi connectivity index (χ3v) is 4.78. The number of hydrogen-bond donors (Lipinski definition) is 1. The number of nitrogens with one attached hydrogen (secondary N) is 1. The van der Waals surface area contributed by atoms with E-state index in [-0.39, 0.29) is 5.91 Å². The predicted molar refractivity (Wildman–Crippen MR) is 99.8 cm³/mol. The number of rotatable bonds is 5. The molecule has 1 amide bonds. The maximum atomic E-state index is 12.8. The minimum Gasteiger partial charge on any atom is -0.495 e. The predicted octanol–water partition coefficient (Wildman–Crippen LogP) is 2.02. The number of benzene rings is 1. The van der Waals surface area contributed by atoms with Crippen LogP contribution in [0, 0.1) is 0 Å². The molecule has 1 aliphatic heterocycles. The van der Waals surface area contributed by atoms with Gasteiger partial charge in [0.1, 0.15) is 11.4 Å². The molecule has 2 fully saturated rings. The number of piperazine rings is 1. The van der Waals surface area contributed by atoms with Crippen LogP contribution in [-0.2, 0) is 0 Å². The van der Waals surface area contributed by atoms with E-state index in [1.807, 2.05) is 23.1 Å². The van der Waals surface area contributed by atoms with Crippen molar-refractivity contribution in [1.82, 2.24) is 14.9 Å². The largest absolute Gasteiger partial charge is 0.495 e. The van der Waals surface area contributed by atoms with Gasteiger partial charge in [-0.15, -0.1) is 0 Å². The molecule has 1 N–H and O–H groups in total. The molecule has 1 aromatic carbocycles. The molecule has 0 radical (unpaired) electrons. The Bertz CT molecular complexity index is 785. The molecule has 2 heterocycles. The first-order chi connectivity index (χ1) is 12.7. The summed E-state index contributed by atoms with van der Waals surface area (Å²) in [7, 11) is 1.68. The maximum Gasteiger partial charge on any atom is 0.272 e. The van der Waals surface area contributed by atoms with Crippen molar-refractivity contribution in [3.63, 3.8) is 0 Å². The summed E-state index contributed by atoms with van der Waals surface area (Å²) in [5, 5.41) is 3.24. The lowest BCUT2D eigenvalue weighted by atomic mass is 10.2.